The summed E-state index contributed by atoms with van der Waals surface area (Å²) in [4.78, 5) is 12.3. The van der Waals surface area contributed by atoms with Crippen molar-refractivity contribution in [3.05, 3.63) is 65.2 Å². The number of phenols is 1. The molecule has 5 aliphatic rings. The number of amides is 1. The smallest absolute Gasteiger partial charge is 0.248 e. The van der Waals surface area contributed by atoms with Gasteiger partial charge in [0.25, 0.3) is 0 Å². The molecule has 0 atom stereocenters. The second-order valence-electron chi connectivity index (χ2n) is 12.7. The average molecular weight is 550 g/mol. The van der Waals surface area contributed by atoms with E-state index in [1.54, 1.807) is 17.7 Å². The molecular weight excluding hydrogens is 508 g/mol. The zero-order chi connectivity index (χ0) is 27.7. The van der Waals surface area contributed by atoms with Crippen molar-refractivity contribution in [2.24, 2.45) is 29.6 Å². The molecule has 214 valence electrons. The molecule has 2 aromatic rings. The van der Waals surface area contributed by atoms with Gasteiger partial charge in [0.15, 0.2) is 0 Å². The van der Waals surface area contributed by atoms with Crippen LogP contribution in [0, 0.1) is 29.6 Å². The average Bonchev–Trinajstić information content (AvgIpc) is 2.93. The molecule has 0 unspecified atom stereocenters. The highest BCUT2D eigenvalue weighted by Gasteiger charge is 2.46. The molecule has 1 amide bonds. The SMILES string of the molecule is O=C(NCCCCOc1ccc(C(=C2C3CC4CC(C3)CC2C4)c2ccc(O)cc2)cc1)C1CCC(F)(F)CC1. The molecule has 7 rings (SSSR count). The van der Waals surface area contributed by atoms with Gasteiger partial charge in [0.05, 0.1) is 6.61 Å². The number of hydrogen-bond donors (Lipinski definition) is 2. The van der Waals surface area contributed by atoms with Crippen molar-refractivity contribution in [1.82, 2.24) is 5.32 Å². The minimum absolute atomic E-state index is 0.0929. The van der Waals surface area contributed by atoms with Crippen LogP contribution in [0.15, 0.2) is 54.1 Å². The summed E-state index contributed by atoms with van der Waals surface area (Å²) in [7, 11) is 0. The van der Waals surface area contributed by atoms with Crippen molar-refractivity contribution >= 4 is 11.5 Å². The topological polar surface area (TPSA) is 58.6 Å². The Labute approximate surface area is 236 Å². The van der Waals surface area contributed by atoms with Crippen LogP contribution in [0.1, 0.15) is 81.8 Å². The number of alkyl halides is 2. The van der Waals surface area contributed by atoms with Crippen molar-refractivity contribution in [1.29, 1.82) is 0 Å². The summed E-state index contributed by atoms with van der Waals surface area (Å²) in [5.41, 5.74) is 5.37. The minimum Gasteiger partial charge on any atom is -0.508 e. The summed E-state index contributed by atoms with van der Waals surface area (Å²) >= 11 is 0. The molecule has 0 aromatic heterocycles. The first-order chi connectivity index (χ1) is 19.3. The number of unbranched alkanes of at least 4 members (excludes halogenated alkanes) is 1. The number of allylic oxidation sites excluding steroid dienone is 1. The van der Waals surface area contributed by atoms with E-state index >= 15 is 0 Å². The van der Waals surface area contributed by atoms with Gasteiger partial charge in [0, 0.05) is 25.3 Å². The van der Waals surface area contributed by atoms with E-state index in [4.69, 9.17) is 4.74 Å². The van der Waals surface area contributed by atoms with Crippen LogP contribution in [-0.4, -0.2) is 30.1 Å². The van der Waals surface area contributed by atoms with Crippen LogP contribution in [0.2, 0.25) is 0 Å². The molecule has 0 spiro atoms. The van der Waals surface area contributed by atoms with E-state index in [1.807, 2.05) is 12.1 Å². The second-order valence-corrected chi connectivity index (χ2v) is 12.7. The predicted octanol–water partition coefficient (Wildman–Crippen LogP) is 7.75. The summed E-state index contributed by atoms with van der Waals surface area (Å²) < 4.78 is 32.6. The number of rotatable bonds is 9. The molecule has 2 N–H and O–H groups in total. The van der Waals surface area contributed by atoms with Crippen molar-refractivity contribution in [2.45, 2.75) is 76.6 Å². The summed E-state index contributed by atoms with van der Waals surface area (Å²) in [6.45, 7) is 1.10. The van der Waals surface area contributed by atoms with Crippen molar-refractivity contribution < 1.29 is 23.4 Å². The fourth-order valence-electron chi connectivity index (χ4n) is 8.02. The molecule has 40 heavy (non-hydrogen) atoms. The third-order valence-electron chi connectivity index (χ3n) is 9.83. The maximum absolute atomic E-state index is 13.3. The summed E-state index contributed by atoms with van der Waals surface area (Å²) in [5, 5.41) is 12.8. The quantitative estimate of drug-likeness (QED) is 0.315. The Morgan fingerprint density at radius 1 is 0.850 bits per heavy atom. The van der Waals surface area contributed by atoms with E-state index in [1.165, 1.54) is 48.8 Å². The number of halogens is 2. The maximum Gasteiger partial charge on any atom is 0.248 e. The number of carbonyl (C=O) groups excluding carboxylic acids is 1. The first-order valence-electron chi connectivity index (χ1n) is 15.3. The van der Waals surface area contributed by atoms with Crippen LogP contribution >= 0.6 is 0 Å². The third-order valence-corrected chi connectivity index (χ3v) is 9.83. The van der Waals surface area contributed by atoms with Gasteiger partial charge in [0.1, 0.15) is 11.5 Å². The fourth-order valence-corrected chi connectivity index (χ4v) is 8.02. The Morgan fingerprint density at radius 2 is 1.43 bits per heavy atom. The van der Waals surface area contributed by atoms with E-state index in [2.05, 4.69) is 29.6 Å². The Balaban J connectivity index is 1.04. The van der Waals surface area contributed by atoms with Crippen molar-refractivity contribution in [2.75, 3.05) is 13.2 Å². The lowest BCUT2D eigenvalue weighted by Gasteiger charge is -2.52. The van der Waals surface area contributed by atoms with E-state index in [-0.39, 0.29) is 37.5 Å². The zero-order valence-corrected chi connectivity index (χ0v) is 23.2. The van der Waals surface area contributed by atoms with Gasteiger partial charge in [-0.25, -0.2) is 8.78 Å². The van der Waals surface area contributed by atoms with Crippen LogP contribution < -0.4 is 10.1 Å². The first-order valence-corrected chi connectivity index (χ1v) is 15.3. The lowest BCUT2D eigenvalue weighted by atomic mass is 9.53. The Morgan fingerprint density at radius 3 is 2.02 bits per heavy atom. The van der Waals surface area contributed by atoms with E-state index in [0.29, 0.717) is 30.7 Å². The number of carbonyl (C=O) groups is 1. The lowest BCUT2D eigenvalue weighted by Crippen LogP contribution is -2.40. The maximum atomic E-state index is 13.3. The van der Waals surface area contributed by atoms with E-state index < -0.39 is 5.92 Å². The number of benzene rings is 2. The summed E-state index contributed by atoms with van der Waals surface area (Å²) in [5.74, 6) is 1.29. The first kappa shape index (κ1) is 27.3. The minimum atomic E-state index is -2.61. The molecule has 0 aliphatic heterocycles. The Hall–Kier alpha value is -2.89. The van der Waals surface area contributed by atoms with Crippen molar-refractivity contribution in [3.8, 4) is 11.5 Å². The largest absolute Gasteiger partial charge is 0.508 e. The Kier molecular flexibility index (Phi) is 7.87. The van der Waals surface area contributed by atoms with Crippen LogP contribution in [-0.2, 0) is 4.79 Å². The molecule has 0 radical (unpaired) electrons. The lowest BCUT2D eigenvalue weighted by molar-refractivity contribution is -0.129. The molecule has 2 aromatic carbocycles. The zero-order valence-electron chi connectivity index (χ0n) is 23.2. The van der Waals surface area contributed by atoms with Gasteiger partial charge in [0.2, 0.25) is 11.8 Å². The van der Waals surface area contributed by atoms with Gasteiger partial charge in [-0.15, -0.1) is 0 Å². The summed E-state index contributed by atoms with van der Waals surface area (Å²) in [6.07, 6.45) is 8.47. The molecule has 4 nitrogen and oxygen atoms in total. The highest BCUT2D eigenvalue weighted by atomic mass is 19.3. The molecule has 6 heteroatoms. The molecule has 5 aliphatic carbocycles. The second kappa shape index (κ2) is 11.5. The molecule has 5 saturated carbocycles. The van der Waals surface area contributed by atoms with Crippen LogP contribution in [0.3, 0.4) is 0 Å². The van der Waals surface area contributed by atoms with Gasteiger partial charge < -0.3 is 15.2 Å². The molecular formula is C34H41F2NO3. The fraction of sp³-hybridized carbons (Fsp3) is 0.559. The van der Waals surface area contributed by atoms with Gasteiger partial charge in [-0.3, -0.25) is 4.79 Å². The molecule has 4 bridgehead atoms. The molecule has 5 fully saturated rings. The van der Waals surface area contributed by atoms with Gasteiger partial charge in [-0.1, -0.05) is 29.8 Å². The number of hydrogen-bond acceptors (Lipinski definition) is 3. The Bertz CT molecular complexity index is 1180. The number of aromatic hydroxyl groups is 1. The van der Waals surface area contributed by atoms with Gasteiger partial charge in [-0.05, 0) is 122 Å². The standard InChI is InChI=1S/C34H41F2NO3/c35-34(36)13-11-26(12-14-34)33(39)37-15-1-2-16-40-30-9-5-25(6-10-30)31(24-3-7-29(38)8-4-24)32-27-18-22-17-23(20-27)21-28(32)19-22/h3-10,22-23,26-28,38H,1-2,11-21H2,(H,37,39). The van der Waals surface area contributed by atoms with E-state index in [0.717, 1.165) is 30.4 Å². The monoisotopic (exact) mass is 549 g/mol. The summed E-state index contributed by atoms with van der Waals surface area (Å²) in [6, 6.07) is 16.1. The van der Waals surface area contributed by atoms with Crippen LogP contribution in [0.25, 0.3) is 5.57 Å². The molecule has 0 saturated heterocycles. The highest BCUT2D eigenvalue weighted by Crippen LogP contribution is 2.58. The number of ether oxygens (including phenoxy) is 1. The number of nitrogens with one attached hydrogen (secondary N) is 1. The van der Waals surface area contributed by atoms with Gasteiger partial charge in [-0.2, -0.15) is 0 Å². The van der Waals surface area contributed by atoms with E-state index in [9.17, 15) is 18.7 Å². The number of phenolic OH excluding ortho intramolecular Hbond substituents is 1. The van der Waals surface area contributed by atoms with Crippen LogP contribution in [0.5, 0.6) is 11.5 Å². The normalized spacial score (nSPS) is 27.0. The predicted molar refractivity (Wildman–Crippen MR) is 152 cm³/mol. The van der Waals surface area contributed by atoms with Crippen molar-refractivity contribution in [3.63, 3.8) is 0 Å². The van der Waals surface area contributed by atoms with Gasteiger partial charge >= 0.3 is 0 Å². The molecule has 0 heterocycles. The van der Waals surface area contributed by atoms with Crippen LogP contribution in [0.4, 0.5) is 8.78 Å². The highest BCUT2D eigenvalue weighted by molar-refractivity contribution is 5.83. The third kappa shape index (κ3) is 6.06.